The molecule has 1 aliphatic heterocycles. The minimum absolute atomic E-state index is 0.0171. The lowest BCUT2D eigenvalue weighted by Gasteiger charge is -2.39. The molecule has 6 nitrogen and oxygen atoms in total. The Morgan fingerprint density at radius 3 is 2.59 bits per heavy atom. The van der Waals surface area contributed by atoms with E-state index in [0.29, 0.717) is 34.2 Å². The van der Waals surface area contributed by atoms with E-state index < -0.39 is 17.8 Å². The molecule has 178 valence electrons. The first kappa shape index (κ1) is 24.2. The van der Waals surface area contributed by atoms with E-state index in [1.54, 1.807) is 12.1 Å². The Kier molecular flexibility index (Phi) is 6.67. The summed E-state index contributed by atoms with van der Waals surface area (Å²) in [5.74, 6) is -1.61. The summed E-state index contributed by atoms with van der Waals surface area (Å²) in [6.45, 7) is 6.04. The molecule has 0 saturated heterocycles. The first-order chi connectivity index (χ1) is 16.1. The molecule has 0 bridgehead atoms. The Morgan fingerprint density at radius 1 is 1.21 bits per heavy atom. The Balaban J connectivity index is 1.80. The fraction of sp³-hybridized carbons (Fsp3) is 0.370. The molecule has 7 heteroatoms. The summed E-state index contributed by atoms with van der Waals surface area (Å²) in [5, 5.41) is 10.3. The number of carbonyl (C=O) groups is 2. The number of phenolic OH excluding ortho intramolecular Hbond substituents is 1. The zero-order valence-corrected chi connectivity index (χ0v) is 21.3. The smallest absolute Gasteiger partial charge is 0.315 e. The number of methoxy groups -OCH3 is 1. The number of nitrogens with zero attached hydrogens (tertiary/aromatic N) is 1. The molecular formula is C27H28BrNO5. The number of esters is 1. The van der Waals surface area contributed by atoms with Crippen molar-refractivity contribution in [2.45, 2.75) is 46.1 Å². The number of aromatic hydroxyl groups is 1. The van der Waals surface area contributed by atoms with E-state index in [1.807, 2.05) is 37.3 Å². The molecular weight excluding hydrogens is 498 g/mol. The van der Waals surface area contributed by atoms with Gasteiger partial charge < -0.3 is 14.6 Å². The van der Waals surface area contributed by atoms with Crippen LogP contribution in [0.2, 0.25) is 0 Å². The Labute approximate surface area is 207 Å². The summed E-state index contributed by atoms with van der Waals surface area (Å²) >= 11 is 3.38. The summed E-state index contributed by atoms with van der Waals surface area (Å²) in [6, 6.07) is 12.9. The van der Waals surface area contributed by atoms with Crippen LogP contribution in [0, 0.1) is 11.3 Å². The van der Waals surface area contributed by atoms with Crippen LogP contribution in [-0.2, 0) is 20.9 Å². The van der Waals surface area contributed by atoms with E-state index in [2.05, 4.69) is 29.8 Å². The summed E-state index contributed by atoms with van der Waals surface area (Å²) in [4.78, 5) is 31.6. The first-order valence-corrected chi connectivity index (χ1v) is 12.0. The standard InChI is InChI=1S/C27H28BrNO5/c1-15-22(26(32)34-14-16-8-6-5-7-9-16)23(17-10-18(28)25(31)21(11-17)33-4)24-19(29-15)12-27(2,3)13-20(24)30/h5-11,22-23,31H,12-14H2,1-4H3/t22?,23-/m1/s1. The van der Waals surface area contributed by atoms with Crippen molar-refractivity contribution in [2.24, 2.45) is 16.3 Å². The van der Waals surface area contributed by atoms with Crippen LogP contribution in [-0.4, -0.2) is 29.7 Å². The van der Waals surface area contributed by atoms with Crippen LogP contribution in [0.4, 0.5) is 0 Å². The van der Waals surface area contributed by atoms with Crippen LogP contribution in [0.15, 0.2) is 63.2 Å². The molecule has 2 aromatic carbocycles. The fourth-order valence-corrected chi connectivity index (χ4v) is 5.32. The molecule has 1 aliphatic carbocycles. The highest BCUT2D eigenvalue weighted by molar-refractivity contribution is 9.10. The minimum Gasteiger partial charge on any atom is -0.503 e. The predicted octanol–water partition coefficient (Wildman–Crippen LogP) is 5.72. The second-order valence-corrected chi connectivity index (χ2v) is 10.5. The van der Waals surface area contributed by atoms with E-state index in [4.69, 9.17) is 14.5 Å². The van der Waals surface area contributed by atoms with Crippen molar-refractivity contribution < 1.29 is 24.2 Å². The summed E-state index contributed by atoms with van der Waals surface area (Å²) in [5.41, 5.74) is 3.22. The second-order valence-electron chi connectivity index (χ2n) is 9.66. The van der Waals surface area contributed by atoms with Crippen molar-refractivity contribution >= 4 is 33.4 Å². The van der Waals surface area contributed by atoms with Gasteiger partial charge in [-0.15, -0.1) is 0 Å². The topological polar surface area (TPSA) is 85.2 Å². The third-order valence-electron chi connectivity index (χ3n) is 6.41. The van der Waals surface area contributed by atoms with E-state index in [9.17, 15) is 14.7 Å². The van der Waals surface area contributed by atoms with E-state index in [1.165, 1.54) is 7.11 Å². The Morgan fingerprint density at radius 2 is 1.91 bits per heavy atom. The molecule has 0 saturated carbocycles. The average Bonchev–Trinajstić information content (AvgIpc) is 2.78. The number of ether oxygens (including phenoxy) is 2. The lowest BCUT2D eigenvalue weighted by molar-refractivity contribution is -0.148. The Hall–Kier alpha value is -2.93. The maximum Gasteiger partial charge on any atom is 0.315 e. The van der Waals surface area contributed by atoms with Gasteiger partial charge >= 0.3 is 5.97 Å². The fourth-order valence-electron chi connectivity index (χ4n) is 4.86. The maximum absolute atomic E-state index is 13.5. The molecule has 0 fully saturated rings. The SMILES string of the molecule is COc1cc([C@H]2C3=C(CC(C)(C)CC3=O)N=C(C)C2C(=O)OCc2ccccc2)cc(Br)c1O. The van der Waals surface area contributed by atoms with Crippen molar-refractivity contribution in [1.82, 2.24) is 0 Å². The number of hydrogen-bond acceptors (Lipinski definition) is 6. The lowest BCUT2D eigenvalue weighted by Crippen LogP contribution is -2.39. The van der Waals surface area contributed by atoms with E-state index in [0.717, 1.165) is 11.3 Å². The van der Waals surface area contributed by atoms with Gasteiger partial charge in [0.25, 0.3) is 0 Å². The van der Waals surface area contributed by atoms with E-state index in [-0.39, 0.29) is 29.3 Å². The van der Waals surface area contributed by atoms with Gasteiger partial charge in [0.05, 0.1) is 11.6 Å². The van der Waals surface area contributed by atoms with Crippen molar-refractivity contribution in [2.75, 3.05) is 7.11 Å². The lowest BCUT2D eigenvalue weighted by atomic mass is 9.67. The molecule has 34 heavy (non-hydrogen) atoms. The number of carbonyl (C=O) groups excluding carboxylic acids is 2. The van der Waals surface area contributed by atoms with Gasteiger partial charge in [0, 0.05) is 29.3 Å². The Bertz CT molecular complexity index is 1200. The van der Waals surface area contributed by atoms with Crippen LogP contribution in [0.3, 0.4) is 0 Å². The molecule has 2 atom stereocenters. The number of aliphatic imine (C=N–C) groups is 1. The van der Waals surface area contributed by atoms with Crippen molar-refractivity contribution in [3.05, 3.63) is 69.3 Å². The summed E-state index contributed by atoms with van der Waals surface area (Å²) in [7, 11) is 1.46. The van der Waals surface area contributed by atoms with Crippen molar-refractivity contribution in [1.29, 1.82) is 0 Å². The van der Waals surface area contributed by atoms with Crippen LogP contribution in [0.1, 0.15) is 50.7 Å². The summed E-state index contributed by atoms with van der Waals surface area (Å²) in [6.07, 6.45) is 1.02. The van der Waals surface area contributed by atoms with Gasteiger partial charge in [-0.05, 0) is 57.9 Å². The van der Waals surface area contributed by atoms with Crippen molar-refractivity contribution in [3.63, 3.8) is 0 Å². The monoisotopic (exact) mass is 525 g/mol. The molecule has 0 radical (unpaired) electrons. The highest BCUT2D eigenvalue weighted by Gasteiger charge is 2.46. The first-order valence-electron chi connectivity index (χ1n) is 11.2. The van der Waals surface area contributed by atoms with Gasteiger partial charge in [-0.1, -0.05) is 44.2 Å². The predicted molar refractivity (Wildman–Crippen MR) is 133 cm³/mol. The molecule has 1 N–H and O–H groups in total. The molecule has 2 aliphatic rings. The largest absolute Gasteiger partial charge is 0.503 e. The molecule has 2 aromatic rings. The van der Waals surface area contributed by atoms with Crippen molar-refractivity contribution in [3.8, 4) is 11.5 Å². The molecule has 1 heterocycles. The number of rotatable bonds is 5. The maximum atomic E-state index is 13.5. The van der Waals surface area contributed by atoms with Crippen LogP contribution in [0.5, 0.6) is 11.5 Å². The number of phenols is 1. The number of hydrogen-bond donors (Lipinski definition) is 1. The molecule has 4 rings (SSSR count). The van der Waals surface area contributed by atoms with Gasteiger partial charge in [-0.3, -0.25) is 14.6 Å². The van der Waals surface area contributed by atoms with Gasteiger partial charge in [-0.2, -0.15) is 0 Å². The number of allylic oxidation sites excluding steroid dienone is 2. The number of Topliss-reactive ketones (excluding diaryl/α,β-unsaturated/α-hetero) is 1. The third-order valence-corrected chi connectivity index (χ3v) is 7.01. The highest BCUT2D eigenvalue weighted by atomic mass is 79.9. The molecule has 1 unspecified atom stereocenters. The van der Waals surface area contributed by atoms with Crippen LogP contribution >= 0.6 is 15.9 Å². The van der Waals surface area contributed by atoms with E-state index >= 15 is 0 Å². The molecule has 0 amide bonds. The van der Waals surface area contributed by atoms with Gasteiger partial charge in [0.1, 0.15) is 12.5 Å². The molecule has 0 spiro atoms. The van der Waals surface area contributed by atoms with Gasteiger partial charge in [-0.25, -0.2) is 0 Å². The quantitative estimate of drug-likeness (QED) is 0.504. The zero-order valence-electron chi connectivity index (χ0n) is 19.7. The minimum atomic E-state index is -0.770. The number of benzene rings is 2. The highest BCUT2D eigenvalue weighted by Crippen LogP contribution is 2.49. The third kappa shape index (κ3) is 4.67. The number of halogens is 1. The van der Waals surface area contributed by atoms with Gasteiger partial charge in [0.15, 0.2) is 17.3 Å². The average molecular weight is 526 g/mol. The summed E-state index contributed by atoms with van der Waals surface area (Å²) < 4.78 is 11.5. The zero-order chi connectivity index (χ0) is 24.6. The molecule has 0 aromatic heterocycles. The van der Waals surface area contributed by atoms with Crippen LogP contribution < -0.4 is 4.74 Å². The normalized spacial score (nSPS) is 21.6. The van der Waals surface area contributed by atoms with Gasteiger partial charge in [0.2, 0.25) is 0 Å². The number of ketones is 1. The van der Waals surface area contributed by atoms with Crippen LogP contribution in [0.25, 0.3) is 0 Å². The second kappa shape index (κ2) is 9.37.